The molecule has 0 spiro atoms. The van der Waals surface area contributed by atoms with Gasteiger partial charge in [0, 0.05) is 12.6 Å². The fourth-order valence-corrected chi connectivity index (χ4v) is 3.32. The van der Waals surface area contributed by atoms with Crippen molar-refractivity contribution in [1.82, 2.24) is 4.72 Å². The number of nitrogen functional groups attached to an aromatic ring is 1. The molecule has 0 aliphatic carbocycles. The van der Waals surface area contributed by atoms with Crippen molar-refractivity contribution in [3.8, 4) is 0 Å². The van der Waals surface area contributed by atoms with Crippen LogP contribution >= 0.6 is 11.6 Å². The highest BCUT2D eigenvalue weighted by Crippen LogP contribution is 2.27. The second kappa shape index (κ2) is 5.05. The van der Waals surface area contributed by atoms with E-state index in [0.717, 1.165) is 0 Å². The van der Waals surface area contributed by atoms with Crippen LogP contribution < -0.4 is 10.5 Å². The van der Waals surface area contributed by atoms with Gasteiger partial charge in [-0.1, -0.05) is 11.6 Å². The quantitative estimate of drug-likeness (QED) is 0.822. The van der Waals surface area contributed by atoms with Gasteiger partial charge >= 0.3 is 0 Å². The van der Waals surface area contributed by atoms with Gasteiger partial charge in [-0.05, 0) is 31.0 Å². The SMILES string of the molecule is Cc1cc(S(=O)(=O)NC2CCOC2)cc(N)c1Cl. The van der Waals surface area contributed by atoms with Crippen LogP contribution in [0.25, 0.3) is 0 Å². The van der Waals surface area contributed by atoms with E-state index in [-0.39, 0.29) is 16.6 Å². The third-order valence-corrected chi connectivity index (χ3v) is 4.83. The number of rotatable bonds is 3. The van der Waals surface area contributed by atoms with Crippen molar-refractivity contribution in [3.05, 3.63) is 22.7 Å². The average molecular weight is 291 g/mol. The maximum Gasteiger partial charge on any atom is 0.240 e. The summed E-state index contributed by atoms with van der Waals surface area (Å²) in [6, 6.07) is 2.71. The van der Waals surface area contributed by atoms with Gasteiger partial charge in [-0.15, -0.1) is 0 Å². The largest absolute Gasteiger partial charge is 0.397 e. The molecule has 5 nitrogen and oxygen atoms in total. The Morgan fingerprint density at radius 3 is 2.78 bits per heavy atom. The Labute approximate surface area is 111 Å². The minimum Gasteiger partial charge on any atom is -0.397 e. The molecule has 1 unspecified atom stereocenters. The number of ether oxygens (including phenoxy) is 1. The summed E-state index contributed by atoms with van der Waals surface area (Å²) in [6.07, 6.45) is 0.682. The molecule has 0 aromatic heterocycles. The number of benzene rings is 1. The number of halogens is 1. The lowest BCUT2D eigenvalue weighted by molar-refractivity contribution is 0.192. The first kappa shape index (κ1) is 13.6. The summed E-state index contributed by atoms with van der Waals surface area (Å²) in [5.41, 5.74) is 6.58. The van der Waals surface area contributed by atoms with Crippen LogP contribution in [-0.4, -0.2) is 27.7 Å². The molecule has 1 aromatic rings. The van der Waals surface area contributed by atoms with E-state index in [1.807, 2.05) is 0 Å². The summed E-state index contributed by atoms with van der Waals surface area (Å²) in [5.74, 6) is 0. The molecule has 100 valence electrons. The molecule has 2 rings (SSSR count). The Balaban J connectivity index is 2.29. The summed E-state index contributed by atoms with van der Waals surface area (Å²) in [5, 5.41) is 0.387. The molecule has 0 amide bonds. The van der Waals surface area contributed by atoms with Crippen molar-refractivity contribution in [2.75, 3.05) is 18.9 Å². The first-order valence-electron chi connectivity index (χ1n) is 5.56. The van der Waals surface area contributed by atoms with Gasteiger partial charge in [0.25, 0.3) is 0 Å². The molecule has 1 fully saturated rings. The smallest absolute Gasteiger partial charge is 0.240 e. The first-order chi connectivity index (χ1) is 8.40. The van der Waals surface area contributed by atoms with E-state index in [2.05, 4.69) is 4.72 Å². The maximum absolute atomic E-state index is 12.1. The topological polar surface area (TPSA) is 81.4 Å². The number of anilines is 1. The van der Waals surface area contributed by atoms with E-state index in [1.54, 1.807) is 6.92 Å². The Hall–Kier alpha value is -0.820. The molecular weight excluding hydrogens is 276 g/mol. The second-order valence-electron chi connectivity index (χ2n) is 4.33. The minimum absolute atomic E-state index is 0.133. The summed E-state index contributed by atoms with van der Waals surface area (Å²) in [7, 11) is -3.57. The monoisotopic (exact) mass is 290 g/mol. The predicted octanol–water partition coefficient (Wildman–Crippen LogP) is 1.30. The minimum atomic E-state index is -3.57. The van der Waals surface area contributed by atoms with Gasteiger partial charge in [0.15, 0.2) is 0 Å². The van der Waals surface area contributed by atoms with Gasteiger partial charge < -0.3 is 10.5 Å². The van der Waals surface area contributed by atoms with Gasteiger partial charge in [0.1, 0.15) is 0 Å². The molecule has 18 heavy (non-hydrogen) atoms. The van der Waals surface area contributed by atoms with Crippen LogP contribution in [0.15, 0.2) is 17.0 Å². The fourth-order valence-electron chi connectivity index (χ4n) is 1.83. The molecular formula is C11H15ClN2O3S. The van der Waals surface area contributed by atoms with Crippen molar-refractivity contribution in [2.45, 2.75) is 24.3 Å². The van der Waals surface area contributed by atoms with E-state index in [4.69, 9.17) is 22.1 Å². The van der Waals surface area contributed by atoms with Crippen LogP contribution in [0.4, 0.5) is 5.69 Å². The maximum atomic E-state index is 12.1. The Bertz CT molecular complexity index is 530. The van der Waals surface area contributed by atoms with Gasteiger partial charge in [0.05, 0.1) is 22.2 Å². The standard InChI is InChI=1S/C11H15ClN2O3S/c1-7-4-9(5-10(13)11(7)12)18(15,16)14-8-2-3-17-6-8/h4-5,8,14H,2-3,6,13H2,1H3. The lowest BCUT2D eigenvalue weighted by Gasteiger charge is -2.13. The molecule has 3 N–H and O–H groups in total. The van der Waals surface area contributed by atoms with Crippen molar-refractivity contribution >= 4 is 27.3 Å². The summed E-state index contributed by atoms with van der Waals surface area (Å²) < 4.78 is 32.0. The molecule has 0 saturated carbocycles. The number of hydrogen-bond donors (Lipinski definition) is 2. The molecule has 0 bridgehead atoms. The number of nitrogens with two attached hydrogens (primary N) is 1. The summed E-state index contributed by atoms with van der Waals surface area (Å²) in [4.78, 5) is 0.133. The van der Waals surface area contributed by atoms with Gasteiger partial charge in [0.2, 0.25) is 10.0 Å². The Morgan fingerprint density at radius 2 is 2.22 bits per heavy atom. The van der Waals surface area contributed by atoms with E-state index < -0.39 is 10.0 Å². The molecule has 1 aliphatic rings. The summed E-state index contributed by atoms with van der Waals surface area (Å²) in [6.45, 7) is 2.70. The predicted molar refractivity (Wildman–Crippen MR) is 70.1 cm³/mol. The zero-order chi connectivity index (χ0) is 13.3. The van der Waals surface area contributed by atoms with Crippen LogP contribution in [0.2, 0.25) is 5.02 Å². The summed E-state index contributed by atoms with van der Waals surface area (Å²) >= 11 is 5.91. The van der Waals surface area contributed by atoms with Crippen molar-refractivity contribution < 1.29 is 13.2 Å². The van der Waals surface area contributed by atoms with Crippen molar-refractivity contribution in [1.29, 1.82) is 0 Å². The van der Waals surface area contributed by atoms with Crippen molar-refractivity contribution in [2.24, 2.45) is 0 Å². The van der Waals surface area contributed by atoms with Crippen LogP contribution in [0.3, 0.4) is 0 Å². The zero-order valence-electron chi connectivity index (χ0n) is 9.94. The highest BCUT2D eigenvalue weighted by Gasteiger charge is 2.24. The van der Waals surface area contributed by atoms with Crippen molar-refractivity contribution in [3.63, 3.8) is 0 Å². The molecule has 7 heteroatoms. The third-order valence-electron chi connectivity index (χ3n) is 2.82. The molecule has 1 saturated heterocycles. The Kier molecular flexibility index (Phi) is 3.82. The number of nitrogens with one attached hydrogen (secondary N) is 1. The third kappa shape index (κ3) is 2.77. The average Bonchev–Trinajstić information content (AvgIpc) is 2.77. The van der Waals surface area contributed by atoms with Crippen LogP contribution in [-0.2, 0) is 14.8 Å². The molecule has 1 heterocycles. The highest BCUT2D eigenvalue weighted by molar-refractivity contribution is 7.89. The van der Waals surface area contributed by atoms with E-state index in [1.165, 1.54) is 12.1 Å². The second-order valence-corrected chi connectivity index (χ2v) is 6.42. The highest BCUT2D eigenvalue weighted by atomic mass is 35.5. The van der Waals surface area contributed by atoms with E-state index in [0.29, 0.717) is 30.2 Å². The van der Waals surface area contributed by atoms with Gasteiger partial charge in [-0.25, -0.2) is 13.1 Å². The molecule has 1 aromatic carbocycles. The van der Waals surface area contributed by atoms with E-state index in [9.17, 15) is 8.42 Å². The van der Waals surface area contributed by atoms with E-state index >= 15 is 0 Å². The van der Waals surface area contributed by atoms with Crippen LogP contribution in [0.5, 0.6) is 0 Å². The lowest BCUT2D eigenvalue weighted by Crippen LogP contribution is -2.35. The van der Waals surface area contributed by atoms with Crippen LogP contribution in [0.1, 0.15) is 12.0 Å². The number of sulfonamides is 1. The fraction of sp³-hybridized carbons (Fsp3) is 0.455. The molecule has 1 atom stereocenters. The van der Waals surface area contributed by atoms with Gasteiger partial charge in [-0.3, -0.25) is 0 Å². The molecule has 1 aliphatic heterocycles. The number of aryl methyl sites for hydroxylation is 1. The first-order valence-corrected chi connectivity index (χ1v) is 7.42. The van der Waals surface area contributed by atoms with Gasteiger partial charge in [-0.2, -0.15) is 0 Å². The van der Waals surface area contributed by atoms with Crippen LogP contribution in [0, 0.1) is 6.92 Å². The lowest BCUT2D eigenvalue weighted by atomic mass is 10.2. The Morgan fingerprint density at radius 1 is 1.50 bits per heavy atom. The molecule has 0 radical (unpaired) electrons. The zero-order valence-corrected chi connectivity index (χ0v) is 11.5. The normalized spacial score (nSPS) is 20.2. The number of hydrogen-bond acceptors (Lipinski definition) is 4.